The maximum atomic E-state index is 12.5. The Morgan fingerprint density at radius 3 is 2.03 bits per heavy atom. The summed E-state index contributed by atoms with van der Waals surface area (Å²) in [5.74, 6) is 1.75. The summed E-state index contributed by atoms with van der Waals surface area (Å²) in [5.41, 5.74) is 2.09. The Bertz CT molecular complexity index is 797. The lowest BCUT2D eigenvalue weighted by Gasteiger charge is -2.35. The van der Waals surface area contributed by atoms with E-state index in [9.17, 15) is 4.79 Å². The molecule has 4 rings (SSSR count). The monoisotopic (exact) mass is 396 g/mol. The summed E-state index contributed by atoms with van der Waals surface area (Å²) in [6.07, 6.45) is 0.993. The molecule has 2 aliphatic heterocycles. The smallest absolute Gasteiger partial charge is 0.321 e. The molecule has 8 heteroatoms. The molecule has 29 heavy (non-hydrogen) atoms. The van der Waals surface area contributed by atoms with Gasteiger partial charge in [0.2, 0.25) is 0 Å². The van der Waals surface area contributed by atoms with Crippen molar-refractivity contribution in [2.75, 3.05) is 67.6 Å². The van der Waals surface area contributed by atoms with Gasteiger partial charge in [0.05, 0.1) is 13.2 Å². The fourth-order valence-electron chi connectivity index (χ4n) is 3.61. The van der Waals surface area contributed by atoms with E-state index >= 15 is 0 Å². The van der Waals surface area contributed by atoms with Crippen LogP contribution in [0, 0.1) is 0 Å². The molecule has 0 spiro atoms. The molecule has 2 aromatic rings. The average Bonchev–Trinajstić information content (AvgIpc) is 2.80. The lowest BCUT2D eigenvalue weighted by atomic mass is 10.1. The van der Waals surface area contributed by atoms with Crippen molar-refractivity contribution in [2.24, 2.45) is 0 Å². The molecule has 2 saturated heterocycles. The highest BCUT2D eigenvalue weighted by Crippen LogP contribution is 2.18. The number of benzene rings is 1. The minimum atomic E-state index is -0.0531. The lowest BCUT2D eigenvalue weighted by molar-refractivity contribution is 0.122. The second-order valence-corrected chi connectivity index (χ2v) is 7.30. The number of aryl methyl sites for hydroxylation is 1. The largest absolute Gasteiger partial charge is 0.378 e. The number of anilines is 3. The van der Waals surface area contributed by atoms with Crippen molar-refractivity contribution >= 4 is 23.4 Å². The molecule has 8 nitrogen and oxygen atoms in total. The Morgan fingerprint density at radius 1 is 0.897 bits per heavy atom. The van der Waals surface area contributed by atoms with Crippen LogP contribution >= 0.6 is 0 Å². The summed E-state index contributed by atoms with van der Waals surface area (Å²) in [6, 6.07) is 12.0. The van der Waals surface area contributed by atoms with Crippen LogP contribution in [0.15, 0.2) is 36.4 Å². The summed E-state index contributed by atoms with van der Waals surface area (Å²) >= 11 is 0. The number of nitrogens with zero attached hydrogens (tertiary/aromatic N) is 5. The standard InChI is InChI=1S/C21H28N6O2/c1-2-17-3-5-18(6-4-17)22-21(28)27-11-9-25(10-12-27)19-7-8-20(24-23-19)26-13-15-29-16-14-26/h3-8H,2,9-16H2,1H3,(H,22,28). The molecule has 0 aliphatic carbocycles. The van der Waals surface area contributed by atoms with E-state index in [-0.39, 0.29) is 6.03 Å². The van der Waals surface area contributed by atoms with Crippen molar-refractivity contribution in [3.63, 3.8) is 0 Å². The van der Waals surface area contributed by atoms with Crippen molar-refractivity contribution in [3.8, 4) is 0 Å². The van der Waals surface area contributed by atoms with Gasteiger partial charge in [-0.25, -0.2) is 4.79 Å². The molecule has 0 saturated carbocycles. The Labute approximate surface area is 171 Å². The van der Waals surface area contributed by atoms with Crippen LogP contribution in [0.1, 0.15) is 12.5 Å². The van der Waals surface area contributed by atoms with Gasteiger partial charge in [-0.2, -0.15) is 0 Å². The molecule has 2 aliphatic rings. The second kappa shape index (κ2) is 9.09. The van der Waals surface area contributed by atoms with Crippen LogP contribution in [-0.4, -0.2) is 73.6 Å². The Hall–Kier alpha value is -2.87. The topological polar surface area (TPSA) is 73.8 Å². The van der Waals surface area contributed by atoms with Gasteiger partial charge in [-0.15, -0.1) is 10.2 Å². The summed E-state index contributed by atoms with van der Waals surface area (Å²) in [4.78, 5) is 18.8. The molecule has 1 aromatic heterocycles. The fraction of sp³-hybridized carbons (Fsp3) is 0.476. The number of carbonyl (C=O) groups is 1. The van der Waals surface area contributed by atoms with E-state index in [4.69, 9.17) is 4.74 Å². The first-order valence-electron chi connectivity index (χ1n) is 10.3. The number of hydrogen-bond donors (Lipinski definition) is 1. The number of nitrogens with one attached hydrogen (secondary N) is 1. The van der Waals surface area contributed by atoms with Crippen LogP contribution in [-0.2, 0) is 11.2 Å². The van der Waals surface area contributed by atoms with E-state index in [1.54, 1.807) is 0 Å². The van der Waals surface area contributed by atoms with Crippen LogP contribution < -0.4 is 15.1 Å². The molecule has 0 bridgehead atoms. The molecular formula is C21H28N6O2. The van der Waals surface area contributed by atoms with Gasteiger partial charge in [0.15, 0.2) is 11.6 Å². The Kier molecular flexibility index (Phi) is 6.09. The first-order chi connectivity index (χ1) is 14.2. The van der Waals surface area contributed by atoms with Crippen LogP contribution in [0.3, 0.4) is 0 Å². The molecule has 3 heterocycles. The van der Waals surface area contributed by atoms with Gasteiger partial charge in [0.25, 0.3) is 0 Å². The maximum absolute atomic E-state index is 12.5. The zero-order chi connectivity index (χ0) is 20.1. The van der Waals surface area contributed by atoms with Crippen molar-refractivity contribution in [2.45, 2.75) is 13.3 Å². The number of urea groups is 1. The quantitative estimate of drug-likeness (QED) is 0.854. The lowest BCUT2D eigenvalue weighted by Crippen LogP contribution is -2.50. The number of rotatable bonds is 4. The molecule has 2 fully saturated rings. The molecular weight excluding hydrogens is 368 g/mol. The number of amides is 2. The second-order valence-electron chi connectivity index (χ2n) is 7.30. The molecule has 0 unspecified atom stereocenters. The van der Waals surface area contributed by atoms with E-state index in [0.29, 0.717) is 13.1 Å². The fourth-order valence-corrected chi connectivity index (χ4v) is 3.61. The Balaban J connectivity index is 1.28. The minimum absolute atomic E-state index is 0.0531. The summed E-state index contributed by atoms with van der Waals surface area (Å²) in [7, 11) is 0. The Morgan fingerprint density at radius 2 is 1.48 bits per heavy atom. The summed E-state index contributed by atoms with van der Waals surface area (Å²) < 4.78 is 5.38. The highest BCUT2D eigenvalue weighted by atomic mass is 16.5. The van der Waals surface area contributed by atoms with E-state index in [1.165, 1.54) is 5.56 Å². The third-order valence-electron chi connectivity index (χ3n) is 5.48. The predicted octanol–water partition coefficient (Wildman–Crippen LogP) is 2.23. The van der Waals surface area contributed by atoms with E-state index in [1.807, 2.05) is 41.3 Å². The minimum Gasteiger partial charge on any atom is -0.378 e. The third-order valence-corrected chi connectivity index (χ3v) is 5.48. The van der Waals surface area contributed by atoms with Gasteiger partial charge in [-0.3, -0.25) is 0 Å². The number of morpholine rings is 1. The van der Waals surface area contributed by atoms with Gasteiger partial charge < -0.3 is 24.8 Å². The SMILES string of the molecule is CCc1ccc(NC(=O)N2CCN(c3ccc(N4CCOCC4)nn3)CC2)cc1. The van der Waals surface area contributed by atoms with Gasteiger partial charge in [-0.1, -0.05) is 19.1 Å². The van der Waals surface area contributed by atoms with Gasteiger partial charge in [-0.05, 0) is 36.2 Å². The van der Waals surface area contributed by atoms with E-state index in [0.717, 1.165) is 63.1 Å². The summed E-state index contributed by atoms with van der Waals surface area (Å²) in [5, 5.41) is 11.8. The zero-order valence-corrected chi connectivity index (χ0v) is 16.9. The number of carbonyl (C=O) groups excluding carboxylic acids is 1. The van der Waals surface area contributed by atoms with Crippen molar-refractivity contribution in [3.05, 3.63) is 42.0 Å². The first-order valence-corrected chi connectivity index (χ1v) is 10.3. The third kappa shape index (κ3) is 4.76. The molecule has 2 amide bonds. The summed E-state index contributed by atoms with van der Waals surface area (Å²) in [6.45, 7) is 8.09. The zero-order valence-electron chi connectivity index (χ0n) is 16.9. The highest BCUT2D eigenvalue weighted by molar-refractivity contribution is 5.89. The number of ether oxygens (including phenoxy) is 1. The van der Waals surface area contributed by atoms with E-state index in [2.05, 4.69) is 32.2 Å². The van der Waals surface area contributed by atoms with Crippen molar-refractivity contribution in [1.29, 1.82) is 0 Å². The van der Waals surface area contributed by atoms with Crippen LogP contribution in [0.2, 0.25) is 0 Å². The molecule has 0 atom stereocenters. The first kappa shape index (κ1) is 19.4. The van der Waals surface area contributed by atoms with Crippen molar-refractivity contribution < 1.29 is 9.53 Å². The van der Waals surface area contributed by atoms with Gasteiger partial charge in [0.1, 0.15) is 0 Å². The molecule has 0 radical (unpaired) electrons. The van der Waals surface area contributed by atoms with Crippen LogP contribution in [0.25, 0.3) is 0 Å². The normalized spacial score (nSPS) is 17.3. The number of piperazine rings is 1. The van der Waals surface area contributed by atoms with Crippen molar-refractivity contribution in [1.82, 2.24) is 15.1 Å². The van der Waals surface area contributed by atoms with E-state index < -0.39 is 0 Å². The van der Waals surface area contributed by atoms with Gasteiger partial charge in [0, 0.05) is 45.0 Å². The predicted molar refractivity (Wildman–Crippen MR) is 114 cm³/mol. The van der Waals surface area contributed by atoms with Crippen LogP contribution in [0.5, 0.6) is 0 Å². The number of hydrogen-bond acceptors (Lipinski definition) is 6. The molecule has 154 valence electrons. The van der Waals surface area contributed by atoms with Gasteiger partial charge >= 0.3 is 6.03 Å². The van der Waals surface area contributed by atoms with Crippen LogP contribution in [0.4, 0.5) is 22.1 Å². The average molecular weight is 396 g/mol. The molecule has 1 N–H and O–H groups in total. The number of aromatic nitrogens is 2. The molecule has 1 aromatic carbocycles. The highest BCUT2D eigenvalue weighted by Gasteiger charge is 2.22. The maximum Gasteiger partial charge on any atom is 0.321 e.